The van der Waals surface area contributed by atoms with Crippen LogP contribution in [0.4, 0.5) is 5.82 Å². The standard InChI is InChI=1S/C12H20N4O/c1-9-7-10(15-16(9)3)14-11(17)12(2)5-4-6-13-8-12/h7,13H,4-6,8H2,1-3H3,(H,14,15,17). The molecule has 0 aliphatic carbocycles. The van der Waals surface area contributed by atoms with E-state index in [1.54, 1.807) is 4.68 Å². The van der Waals surface area contributed by atoms with E-state index in [9.17, 15) is 4.79 Å². The molecular formula is C12H20N4O. The van der Waals surface area contributed by atoms with E-state index in [0.717, 1.165) is 31.6 Å². The first-order chi connectivity index (χ1) is 8.01. The van der Waals surface area contributed by atoms with Gasteiger partial charge in [0.25, 0.3) is 0 Å². The van der Waals surface area contributed by atoms with Gasteiger partial charge in [0.1, 0.15) is 0 Å². The van der Waals surface area contributed by atoms with Crippen molar-refractivity contribution in [1.82, 2.24) is 15.1 Å². The Kier molecular flexibility index (Phi) is 3.19. The average molecular weight is 236 g/mol. The Bertz CT molecular complexity index is 399. The molecule has 1 aliphatic rings. The monoisotopic (exact) mass is 236 g/mol. The maximum absolute atomic E-state index is 12.2. The third kappa shape index (κ3) is 2.49. The van der Waals surface area contributed by atoms with E-state index in [1.165, 1.54) is 0 Å². The number of anilines is 1. The molecule has 2 rings (SSSR count). The van der Waals surface area contributed by atoms with Crippen LogP contribution in [-0.4, -0.2) is 28.8 Å². The van der Waals surface area contributed by atoms with E-state index in [2.05, 4.69) is 15.7 Å². The minimum absolute atomic E-state index is 0.0581. The fraction of sp³-hybridized carbons (Fsp3) is 0.667. The van der Waals surface area contributed by atoms with Crippen molar-refractivity contribution in [3.63, 3.8) is 0 Å². The van der Waals surface area contributed by atoms with Crippen LogP contribution in [0.15, 0.2) is 6.07 Å². The van der Waals surface area contributed by atoms with Gasteiger partial charge in [0.2, 0.25) is 5.91 Å². The molecule has 2 N–H and O–H groups in total. The molecule has 5 nitrogen and oxygen atoms in total. The maximum atomic E-state index is 12.2. The molecule has 1 unspecified atom stereocenters. The van der Waals surface area contributed by atoms with E-state index < -0.39 is 0 Å². The van der Waals surface area contributed by atoms with Gasteiger partial charge in [-0.15, -0.1) is 0 Å². The van der Waals surface area contributed by atoms with Crippen molar-refractivity contribution in [2.24, 2.45) is 12.5 Å². The van der Waals surface area contributed by atoms with Gasteiger partial charge >= 0.3 is 0 Å². The molecule has 94 valence electrons. The molecule has 1 aromatic heterocycles. The summed E-state index contributed by atoms with van der Waals surface area (Å²) in [5.41, 5.74) is 0.719. The molecule has 1 aliphatic heterocycles. The van der Waals surface area contributed by atoms with Gasteiger partial charge in [-0.05, 0) is 33.2 Å². The average Bonchev–Trinajstić information content (AvgIpc) is 2.59. The van der Waals surface area contributed by atoms with Gasteiger partial charge in [-0.2, -0.15) is 5.10 Å². The number of carbonyl (C=O) groups is 1. The Morgan fingerprint density at radius 3 is 2.94 bits per heavy atom. The van der Waals surface area contributed by atoms with E-state index in [0.29, 0.717) is 5.82 Å². The normalized spacial score (nSPS) is 24.6. The largest absolute Gasteiger partial charge is 0.316 e. The molecule has 17 heavy (non-hydrogen) atoms. The zero-order valence-corrected chi connectivity index (χ0v) is 10.7. The molecule has 1 aromatic rings. The highest BCUT2D eigenvalue weighted by atomic mass is 16.2. The Labute approximate surface area is 102 Å². The summed E-state index contributed by atoms with van der Waals surface area (Å²) in [7, 11) is 1.87. The summed E-state index contributed by atoms with van der Waals surface area (Å²) >= 11 is 0. The van der Waals surface area contributed by atoms with Crippen molar-refractivity contribution in [3.8, 4) is 0 Å². The molecular weight excluding hydrogens is 216 g/mol. The van der Waals surface area contributed by atoms with Gasteiger partial charge in [-0.3, -0.25) is 9.48 Å². The van der Waals surface area contributed by atoms with Crippen LogP contribution < -0.4 is 10.6 Å². The Hall–Kier alpha value is -1.36. The van der Waals surface area contributed by atoms with Crippen molar-refractivity contribution >= 4 is 11.7 Å². The quantitative estimate of drug-likeness (QED) is 0.807. The van der Waals surface area contributed by atoms with Gasteiger partial charge in [0.15, 0.2) is 5.82 Å². The van der Waals surface area contributed by atoms with Crippen LogP contribution in [0.5, 0.6) is 0 Å². The van der Waals surface area contributed by atoms with Crippen LogP contribution >= 0.6 is 0 Å². The molecule has 1 amide bonds. The molecule has 0 saturated carbocycles. The number of aryl methyl sites for hydroxylation is 2. The summed E-state index contributed by atoms with van der Waals surface area (Å²) < 4.78 is 1.76. The topological polar surface area (TPSA) is 59.0 Å². The number of nitrogens with zero attached hydrogens (tertiary/aromatic N) is 2. The highest BCUT2D eigenvalue weighted by Gasteiger charge is 2.34. The molecule has 1 atom stereocenters. The van der Waals surface area contributed by atoms with E-state index in [-0.39, 0.29) is 11.3 Å². The first-order valence-electron chi connectivity index (χ1n) is 6.04. The summed E-state index contributed by atoms with van der Waals surface area (Å²) in [5, 5.41) is 10.4. The lowest BCUT2D eigenvalue weighted by atomic mass is 9.82. The second-order valence-electron chi connectivity index (χ2n) is 5.09. The van der Waals surface area contributed by atoms with Crippen molar-refractivity contribution in [2.75, 3.05) is 18.4 Å². The van der Waals surface area contributed by atoms with Gasteiger partial charge in [0, 0.05) is 25.4 Å². The molecule has 0 aromatic carbocycles. The highest BCUT2D eigenvalue weighted by molar-refractivity contribution is 5.94. The van der Waals surface area contributed by atoms with Crippen molar-refractivity contribution in [2.45, 2.75) is 26.7 Å². The predicted molar refractivity (Wildman–Crippen MR) is 66.8 cm³/mol. The Balaban J connectivity index is 2.05. The van der Waals surface area contributed by atoms with Crippen LogP contribution in [0.25, 0.3) is 0 Å². The van der Waals surface area contributed by atoms with E-state index >= 15 is 0 Å². The lowest BCUT2D eigenvalue weighted by molar-refractivity contribution is -0.125. The van der Waals surface area contributed by atoms with Gasteiger partial charge in [-0.25, -0.2) is 0 Å². The summed E-state index contributed by atoms with van der Waals surface area (Å²) in [4.78, 5) is 12.2. The van der Waals surface area contributed by atoms with E-state index in [4.69, 9.17) is 0 Å². The second kappa shape index (κ2) is 4.49. The molecule has 1 saturated heterocycles. The summed E-state index contributed by atoms with van der Waals surface area (Å²) in [6.45, 7) is 5.72. The number of nitrogens with one attached hydrogen (secondary N) is 2. The third-order valence-electron chi connectivity index (χ3n) is 3.50. The van der Waals surface area contributed by atoms with Crippen molar-refractivity contribution in [3.05, 3.63) is 11.8 Å². The third-order valence-corrected chi connectivity index (χ3v) is 3.50. The predicted octanol–water partition coefficient (Wildman–Crippen LogP) is 1.06. The smallest absolute Gasteiger partial charge is 0.232 e. The first-order valence-corrected chi connectivity index (χ1v) is 6.04. The van der Waals surface area contributed by atoms with Gasteiger partial charge in [0.05, 0.1) is 5.41 Å². The first kappa shape index (κ1) is 12.1. The zero-order chi connectivity index (χ0) is 12.5. The Morgan fingerprint density at radius 1 is 1.65 bits per heavy atom. The lowest BCUT2D eigenvalue weighted by Crippen LogP contribution is -2.46. The van der Waals surface area contributed by atoms with Crippen LogP contribution in [0.1, 0.15) is 25.5 Å². The van der Waals surface area contributed by atoms with Crippen LogP contribution in [-0.2, 0) is 11.8 Å². The van der Waals surface area contributed by atoms with Gasteiger partial charge < -0.3 is 10.6 Å². The molecule has 0 spiro atoms. The number of carbonyl (C=O) groups excluding carboxylic acids is 1. The molecule has 0 bridgehead atoms. The van der Waals surface area contributed by atoms with Crippen LogP contribution in [0.3, 0.4) is 0 Å². The highest BCUT2D eigenvalue weighted by Crippen LogP contribution is 2.27. The van der Waals surface area contributed by atoms with Gasteiger partial charge in [-0.1, -0.05) is 0 Å². The molecule has 1 fully saturated rings. The molecule has 2 heterocycles. The fourth-order valence-corrected chi connectivity index (χ4v) is 2.14. The molecule has 5 heteroatoms. The summed E-state index contributed by atoms with van der Waals surface area (Å²) in [6.07, 6.45) is 1.98. The summed E-state index contributed by atoms with van der Waals surface area (Å²) in [6, 6.07) is 1.89. The SMILES string of the molecule is Cc1cc(NC(=O)C2(C)CCCNC2)nn1C. The number of hydrogen-bond acceptors (Lipinski definition) is 3. The second-order valence-corrected chi connectivity index (χ2v) is 5.09. The lowest BCUT2D eigenvalue weighted by Gasteiger charge is -2.32. The fourth-order valence-electron chi connectivity index (χ4n) is 2.14. The minimum atomic E-state index is -0.316. The van der Waals surface area contributed by atoms with Crippen molar-refractivity contribution in [1.29, 1.82) is 0 Å². The number of aromatic nitrogens is 2. The Morgan fingerprint density at radius 2 is 2.41 bits per heavy atom. The van der Waals surface area contributed by atoms with Crippen LogP contribution in [0, 0.1) is 12.3 Å². The zero-order valence-electron chi connectivity index (χ0n) is 10.7. The number of amides is 1. The minimum Gasteiger partial charge on any atom is -0.316 e. The maximum Gasteiger partial charge on any atom is 0.232 e. The van der Waals surface area contributed by atoms with E-state index in [1.807, 2.05) is 27.0 Å². The number of hydrogen-bond donors (Lipinski definition) is 2. The van der Waals surface area contributed by atoms with Crippen molar-refractivity contribution < 1.29 is 4.79 Å². The number of rotatable bonds is 2. The van der Waals surface area contributed by atoms with Crippen LogP contribution in [0.2, 0.25) is 0 Å². The number of piperidine rings is 1. The summed E-state index contributed by atoms with van der Waals surface area (Å²) in [5.74, 6) is 0.699. The molecule has 0 radical (unpaired) electrons.